The highest BCUT2D eigenvalue weighted by molar-refractivity contribution is 7.99. The molecule has 0 saturated carbocycles. The van der Waals surface area contributed by atoms with Gasteiger partial charge >= 0.3 is 0 Å². The first-order valence-corrected chi connectivity index (χ1v) is 13.6. The van der Waals surface area contributed by atoms with Gasteiger partial charge in [-0.15, -0.1) is 11.8 Å². The Bertz CT molecular complexity index is 1070. The van der Waals surface area contributed by atoms with Gasteiger partial charge in [0, 0.05) is 32.3 Å². The van der Waals surface area contributed by atoms with E-state index in [1.807, 2.05) is 48.2 Å². The van der Waals surface area contributed by atoms with E-state index in [2.05, 4.69) is 24.1 Å². The number of aliphatic hydroxyl groups is 3. The van der Waals surface area contributed by atoms with Crippen molar-refractivity contribution in [3.63, 3.8) is 0 Å². The van der Waals surface area contributed by atoms with Crippen molar-refractivity contribution in [1.82, 2.24) is 9.80 Å². The van der Waals surface area contributed by atoms with E-state index >= 15 is 0 Å². The topological polar surface area (TPSA) is 93.5 Å². The van der Waals surface area contributed by atoms with Crippen LogP contribution in [0.5, 0.6) is 0 Å². The molecule has 7 nitrogen and oxygen atoms in total. The summed E-state index contributed by atoms with van der Waals surface area (Å²) in [7, 11) is 2.07. The lowest BCUT2D eigenvalue weighted by Gasteiger charge is -2.40. The predicted molar refractivity (Wildman–Crippen MR) is 143 cm³/mol. The molecule has 2 saturated heterocycles. The van der Waals surface area contributed by atoms with Crippen molar-refractivity contribution < 1.29 is 24.9 Å². The van der Waals surface area contributed by atoms with Crippen LogP contribution in [-0.2, 0) is 16.0 Å². The van der Waals surface area contributed by atoms with Crippen molar-refractivity contribution in [2.45, 2.75) is 43.2 Å². The molecule has 8 heteroatoms. The van der Waals surface area contributed by atoms with Crippen molar-refractivity contribution in [1.29, 1.82) is 0 Å². The van der Waals surface area contributed by atoms with E-state index < -0.39 is 29.9 Å². The van der Waals surface area contributed by atoms with E-state index in [0.29, 0.717) is 6.42 Å². The molecule has 0 aromatic heterocycles. The molecule has 2 aromatic rings. The summed E-state index contributed by atoms with van der Waals surface area (Å²) in [6, 6.07) is 14.0. The number of rotatable bonds is 6. The third kappa shape index (κ3) is 6.19. The summed E-state index contributed by atoms with van der Waals surface area (Å²) in [4.78, 5) is 16.6. The van der Waals surface area contributed by atoms with Gasteiger partial charge in [-0.3, -0.25) is 4.79 Å². The van der Waals surface area contributed by atoms with Gasteiger partial charge in [0.15, 0.2) is 0 Å². The Morgan fingerprint density at radius 3 is 2.39 bits per heavy atom. The molecule has 0 bridgehead atoms. The minimum atomic E-state index is -1.27. The molecule has 4 rings (SSSR count). The van der Waals surface area contributed by atoms with Crippen LogP contribution in [0.25, 0.3) is 6.08 Å². The Morgan fingerprint density at radius 1 is 1.03 bits per heavy atom. The second-order valence-corrected chi connectivity index (χ2v) is 10.6. The predicted octanol–water partition coefficient (Wildman–Crippen LogP) is 2.22. The number of carbonyl (C=O) groups is 1. The average molecular weight is 513 g/mol. The number of likely N-dealkylation sites (N-methyl/N-ethyl adjacent to an activating group) is 1. The molecule has 0 spiro atoms. The molecule has 0 unspecified atom stereocenters. The summed E-state index contributed by atoms with van der Waals surface area (Å²) in [5, 5.41) is 31.0. The first kappa shape index (κ1) is 26.9. The molecule has 2 aliphatic rings. The maximum atomic E-state index is 12.4. The van der Waals surface area contributed by atoms with Crippen LogP contribution in [0.1, 0.15) is 33.9 Å². The highest BCUT2D eigenvalue weighted by Gasteiger charge is 2.44. The fourth-order valence-electron chi connectivity index (χ4n) is 4.64. The van der Waals surface area contributed by atoms with Crippen LogP contribution in [-0.4, -0.2) is 94.3 Å². The zero-order valence-corrected chi connectivity index (χ0v) is 21.9. The minimum absolute atomic E-state index is 0.0492. The van der Waals surface area contributed by atoms with Gasteiger partial charge < -0.3 is 29.9 Å². The number of amides is 1. The highest BCUT2D eigenvalue weighted by atomic mass is 32.2. The molecule has 36 heavy (non-hydrogen) atoms. The quantitative estimate of drug-likeness (QED) is 0.511. The molecule has 2 heterocycles. The standard InChI is InChI=1S/C28H36N2O5S/c1-18-4-10-21(27-25(33)24(32)26(34)28(35-27)36-3)17-22(18)16-20-7-5-19(6-8-20)9-11-23(31)30-14-12-29(2)13-15-30/h4-11,17,24-28,32-34H,12-16H2,1-3H3/b11-9+/t24-,25-,26+,27+,28-/m1/s1. The number of hydrogen-bond acceptors (Lipinski definition) is 7. The van der Waals surface area contributed by atoms with Crippen LogP contribution in [0, 0.1) is 6.92 Å². The highest BCUT2D eigenvalue weighted by Crippen LogP contribution is 2.36. The van der Waals surface area contributed by atoms with Gasteiger partial charge in [0.25, 0.3) is 0 Å². The first-order valence-electron chi connectivity index (χ1n) is 12.3. The van der Waals surface area contributed by atoms with E-state index in [1.165, 1.54) is 11.8 Å². The van der Waals surface area contributed by atoms with E-state index in [1.54, 1.807) is 12.3 Å². The summed E-state index contributed by atoms with van der Waals surface area (Å²) in [6.07, 6.45) is 1.68. The first-order chi connectivity index (χ1) is 17.3. The van der Waals surface area contributed by atoms with Crippen molar-refractivity contribution in [2.24, 2.45) is 0 Å². The smallest absolute Gasteiger partial charge is 0.246 e. The Kier molecular flexibility index (Phi) is 8.87. The van der Waals surface area contributed by atoms with Crippen molar-refractivity contribution in [3.05, 3.63) is 76.4 Å². The lowest BCUT2D eigenvalue weighted by atomic mass is 9.91. The Morgan fingerprint density at radius 2 is 1.72 bits per heavy atom. The van der Waals surface area contributed by atoms with E-state index in [-0.39, 0.29) is 5.91 Å². The number of aryl methyl sites for hydroxylation is 1. The SMILES string of the molecule is CS[C@H]1O[C@@H](c2ccc(C)c(Cc3ccc(/C=C/C(=O)N4CCN(C)CC4)cc3)c2)[C@H](O)[C@@H](O)[C@@H]1O. The largest absolute Gasteiger partial charge is 0.387 e. The maximum Gasteiger partial charge on any atom is 0.246 e. The number of hydrogen-bond donors (Lipinski definition) is 3. The fraction of sp³-hybridized carbons (Fsp3) is 0.464. The molecule has 194 valence electrons. The van der Waals surface area contributed by atoms with Crippen molar-refractivity contribution in [2.75, 3.05) is 39.5 Å². The maximum absolute atomic E-state index is 12.4. The minimum Gasteiger partial charge on any atom is -0.387 e. The average Bonchev–Trinajstić information content (AvgIpc) is 2.89. The van der Waals surface area contributed by atoms with E-state index in [4.69, 9.17) is 4.74 Å². The molecular formula is C28H36N2O5S. The molecule has 0 radical (unpaired) electrons. The number of benzene rings is 2. The molecule has 2 aliphatic heterocycles. The number of nitrogens with zero attached hydrogens (tertiary/aromatic N) is 2. The van der Waals surface area contributed by atoms with Gasteiger partial charge in [0.05, 0.1) is 0 Å². The van der Waals surface area contributed by atoms with Crippen LogP contribution >= 0.6 is 11.8 Å². The zero-order chi connectivity index (χ0) is 25.8. The monoisotopic (exact) mass is 512 g/mol. The number of piperazine rings is 1. The molecule has 1 amide bonds. The lowest BCUT2D eigenvalue weighted by molar-refractivity contribution is -0.200. The Balaban J connectivity index is 1.42. The van der Waals surface area contributed by atoms with Crippen molar-refractivity contribution >= 4 is 23.7 Å². The summed E-state index contributed by atoms with van der Waals surface area (Å²) in [6.45, 7) is 5.37. The molecule has 0 aliphatic carbocycles. The van der Waals surface area contributed by atoms with Gasteiger partial charge in [-0.05, 0) is 60.5 Å². The Hall–Kier alpha value is -2.20. The number of thioether (sulfide) groups is 1. The second-order valence-electron chi connectivity index (χ2n) is 9.70. The van der Waals surface area contributed by atoms with Crippen LogP contribution < -0.4 is 0 Å². The molecule has 5 atom stereocenters. The normalized spacial score (nSPS) is 27.5. The van der Waals surface area contributed by atoms with Gasteiger partial charge in [-0.2, -0.15) is 0 Å². The molecular weight excluding hydrogens is 476 g/mol. The molecule has 2 aromatic carbocycles. The third-order valence-corrected chi connectivity index (χ3v) is 7.97. The Labute approximate surface area is 217 Å². The molecule has 3 N–H and O–H groups in total. The lowest BCUT2D eigenvalue weighted by Crippen LogP contribution is -2.52. The van der Waals surface area contributed by atoms with Crippen LogP contribution in [0.3, 0.4) is 0 Å². The van der Waals surface area contributed by atoms with E-state index in [0.717, 1.165) is 54.0 Å². The fourth-order valence-corrected chi connectivity index (χ4v) is 5.31. The number of aliphatic hydroxyl groups excluding tert-OH is 3. The summed E-state index contributed by atoms with van der Waals surface area (Å²) in [5.74, 6) is 0.0492. The van der Waals surface area contributed by atoms with Crippen LogP contribution in [0.2, 0.25) is 0 Å². The van der Waals surface area contributed by atoms with E-state index in [9.17, 15) is 20.1 Å². The van der Waals surface area contributed by atoms with Gasteiger partial charge in [0.2, 0.25) is 5.91 Å². The summed E-state index contributed by atoms with van der Waals surface area (Å²) >= 11 is 1.31. The van der Waals surface area contributed by atoms with Gasteiger partial charge in [0.1, 0.15) is 29.9 Å². The number of carbonyl (C=O) groups excluding carboxylic acids is 1. The van der Waals surface area contributed by atoms with Gasteiger partial charge in [-0.1, -0.05) is 42.5 Å². The van der Waals surface area contributed by atoms with Gasteiger partial charge in [-0.25, -0.2) is 0 Å². The van der Waals surface area contributed by atoms with Crippen LogP contribution in [0.15, 0.2) is 48.5 Å². The molecule has 2 fully saturated rings. The number of ether oxygens (including phenoxy) is 1. The van der Waals surface area contributed by atoms with Crippen LogP contribution in [0.4, 0.5) is 0 Å². The summed E-state index contributed by atoms with van der Waals surface area (Å²) < 4.78 is 5.93. The summed E-state index contributed by atoms with van der Waals surface area (Å²) in [5.41, 5.74) is 4.48. The second kappa shape index (κ2) is 11.9. The van der Waals surface area contributed by atoms with Crippen molar-refractivity contribution in [3.8, 4) is 0 Å². The zero-order valence-electron chi connectivity index (χ0n) is 21.1. The third-order valence-electron chi connectivity index (χ3n) is 7.11.